The van der Waals surface area contributed by atoms with Crippen LogP contribution in [0.1, 0.15) is 17.8 Å². The summed E-state index contributed by atoms with van der Waals surface area (Å²) in [5, 5.41) is 9.65. The molecule has 0 aliphatic carbocycles. The highest BCUT2D eigenvalue weighted by Gasteiger charge is 2.23. The molecule has 0 amide bonds. The normalized spacial score (nSPS) is 11.9. The Morgan fingerprint density at radius 3 is 2.90 bits per heavy atom. The number of aromatic amines is 1. The summed E-state index contributed by atoms with van der Waals surface area (Å²) in [4.78, 5) is 4.17. The van der Waals surface area contributed by atoms with E-state index >= 15 is 0 Å². The van der Waals surface area contributed by atoms with Crippen LogP contribution < -0.4 is 10.0 Å². The van der Waals surface area contributed by atoms with Crippen molar-refractivity contribution in [3.8, 4) is 0 Å². The first kappa shape index (κ1) is 15.7. The molecule has 0 bridgehead atoms. The molecule has 0 atom stereocenters. The molecule has 0 saturated heterocycles. The zero-order valence-corrected chi connectivity index (χ0v) is 12.9. The van der Waals surface area contributed by atoms with Gasteiger partial charge in [0.15, 0.2) is 0 Å². The molecule has 3 N–H and O–H groups in total. The average Bonchev–Trinajstić information content (AvgIpc) is 3.05. The van der Waals surface area contributed by atoms with E-state index in [0.717, 1.165) is 6.54 Å². The number of imidazole rings is 1. The van der Waals surface area contributed by atoms with E-state index in [9.17, 15) is 8.42 Å². The molecule has 0 aliphatic rings. The minimum Gasteiger partial charge on any atom is -0.337 e. The molecule has 116 valence electrons. The Labute approximate surface area is 124 Å². The highest BCUT2D eigenvalue weighted by molar-refractivity contribution is 7.89. The van der Waals surface area contributed by atoms with E-state index in [1.165, 1.54) is 0 Å². The Kier molecular flexibility index (Phi) is 5.10. The standard InChI is InChI=1S/C12H20N6O2S/c1-10-12(11(8-13-2)17-16-10)21(19,20)15-4-3-6-18-7-5-14-9-18/h5,7,9,13,15H,3-4,6,8H2,1-2H3,(H,16,17). The Balaban J connectivity index is 1.96. The SMILES string of the molecule is CNCc1n[nH]c(C)c1S(=O)(=O)NCCCn1ccnc1. The summed E-state index contributed by atoms with van der Waals surface area (Å²) >= 11 is 0. The molecule has 9 heteroatoms. The molecule has 0 radical (unpaired) electrons. The van der Waals surface area contributed by atoms with Gasteiger partial charge in [0.2, 0.25) is 10.0 Å². The number of nitrogens with zero attached hydrogens (tertiary/aromatic N) is 3. The second-order valence-electron chi connectivity index (χ2n) is 4.71. The summed E-state index contributed by atoms with van der Waals surface area (Å²) in [6.45, 7) is 3.18. The molecule has 2 aromatic rings. The lowest BCUT2D eigenvalue weighted by Crippen LogP contribution is -2.27. The smallest absolute Gasteiger partial charge is 0.244 e. The number of H-pyrrole nitrogens is 1. The van der Waals surface area contributed by atoms with E-state index < -0.39 is 10.0 Å². The molecule has 0 fully saturated rings. The van der Waals surface area contributed by atoms with Crippen LogP contribution in [-0.2, 0) is 23.1 Å². The van der Waals surface area contributed by atoms with Gasteiger partial charge in [-0.05, 0) is 20.4 Å². The van der Waals surface area contributed by atoms with E-state index in [-0.39, 0.29) is 4.90 Å². The van der Waals surface area contributed by atoms with Crippen molar-refractivity contribution in [1.29, 1.82) is 0 Å². The second kappa shape index (κ2) is 6.83. The monoisotopic (exact) mass is 312 g/mol. The van der Waals surface area contributed by atoms with Crippen LogP contribution >= 0.6 is 0 Å². The predicted octanol–water partition coefficient (Wildman–Crippen LogP) is 0.00262. The van der Waals surface area contributed by atoms with Gasteiger partial charge in [0.1, 0.15) is 4.90 Å². The molecule has 0 aliphatic heterocycles. The molecule has 0 spiro atoms. The van der Waals surface area contributed by atoms with Crippen LogP contribution in [0.5, 0.6) is 0 Å². The molecular formula is C12H20N6O2S. The van der Waals surface area contributed by atoms with E-state index in [1.807, 2.05) is 10.8 Å². The van der Waals surface area contributed by atoms with Crippen molar-refractivity contribution in [3.63, 3.8) is 0 Å². The number of aromatic nitrogens is 4. The Bertz CT molecular complexity index is 662. The number of rotatable bonds is 8. The topological polar surface area (TPSA) is 105 Å². The van der Waals surface area contributed by atoms with Gasteiger partial charge in [0.25, 0.3) is 0 Å². The first-order chi connectivity index (χ1) is 10.0. The molecule has 0 unspecified atom stereocenters. The lowest BCUT2D eigenvalue weighted by atomic mass is 10.4. The van der Waals surface area contributed by atoms with Crippen LogP contribution in [0, 0.1) is 6.92 Å². The number of aryl methyl sites for hydroxylation is 2. The number of sulfonamides is 1. The first-order valence-corrected chi connectivity index (χ1v) is 8.16. The minimum atomic E-state index is -3.55. The average molecular weight is 312 g/mol. The molecule has 0 saturated carbocycles. The van der Waals surface area contributed by atoms with Gasteiger partial charge in [-0.25, -0.2) is 18.1 Å². The van der Waals surface area contributed by atoms with Crippen molar-refractivity contribution < 1.29 is 8.42 Å². The van der Waals surface area contributed by atoms with Crippen LogP contribution in [0.3, 0.4) is 0 Å². The van der Waals surface area contributed by atoms with Crippen LogP contribution in [0.15, 0.2) is 23.6 Å². The number of hydrogen-bond donors (Lipinski definition) is 3. The Morgan fingerprint density at radius 2 is 2.24 bits per heavy atom. The summed E-state index contributed by atoms with van der Waals surface area (Å²) < 4.78 is 29.2. The largest absolute Gasteiger partial charge is 0.337 e. The molecule has 0 aromatic carbocycles. The van der Waals surface area contributed by atoms with Gasteiger partial charge >= 0.3 is 0 Å². The molecule has 21 heavy (non-hydrogen) atoms. The molecule has 2 heterocycles. The fourth-order valence-corrected chi connectivity index (χ4v) is 3.51. The number of nitrogens with one attached hydrogen (secondary N) is 3. The lowest BCUT2D eigenvalue weighted by molar-refractivity contribution is 0.567. The summed E-state index contributed by atoms with van der Waals surface area (Å²) in [7, 11) is -1.80. The Hall–Kier alpha value is -1.71. The minimum absolute atomic E-state index is 0.236. The highest BCUT2D eigenvalue weighted by Crippen LogP contribution is 2.17. The maximum atomic E-state index is 12.4. The predicted molar refractivity (Wildman–Crippen MR) is 78.1 cm³/mol. The van der Waals surface area contributed by atoms with Crippen LogP contribution in [0.4, 0.5) is 0 Å². The third-order valence-corrected chi connectivity index (χ3v) is 4.68. The maximum absolute atomic E-state index is 12.4. The summed E-state index contributed by atoms with van der Waals surface area (Å²) in [6.07, 6.45) is 5.94. The summed E-state index contributed by atoms with van der Waals surface area (Å²) in [5.74, 6) is 0. The zero-order valence-electron chi connectivity index (χ0n) is 12.1. The van der Waals surface area contributed by atoms with E-state index in [4.69, 9.17) is 0 Å². The van der Waals surface area contributed by atoms with Crippen LogP contribution in [-0.4, -0.2) is 41.8 Å². The van der Waals surface area contributed by atoms with Crippen molar-refractivity contribution in [3.05, 3.63) is 30.1 Å². The van der Waals surface area contributed by atoms with Crippen molar-refractivity contribution in [2.24, 2.45) is 0 Å². The van der Waals surface area contributed by atoms with Gasteiger partial charge in [-0.2, -0.15) is 5.10 Å². The van der Waals surface area contributed by atoms with Crippen LogP contribution in [0.25, 0.3) is 0 Å². The van der Waals surface area contributed by atoms with Gasteiger partial charge in [0, 0.05) is 32.0 Å². The first-order valence-electron chi connectivity index (χ1n) is 6.68. The van der Waals surface area contributed by atoms with Crippen molar-refractivity contribution in [1.82, 2.24) is 29.8 Å². The zero-order chi connectivity index (χ0) is 15.3. The van der Waals surface area contributed by atoms with Crippen molar-refractivity contribution in [2.75, 3.05) is 13.6 Å². The van der Waals surface area contributed by atoms with Crippen LogP contribution in [0.2, 0.25) is 0 Å². The maximum Gasteiger partial charge on any atom is 0.244 e. The van der Waals surface area contributed by atoms with Gasteiger partial charge in [-0.1, -0.05) is 0 Å². The number of hydrogen-bond acceptors (Lipinski definition) is 5. The Morgan fingerprint density at radius 1 is 1.43 bits per heavy atom. The van der Waals surface area contributed by atoms with E-state index in [0.29, 0.717) is 30.9 Å². The van der Waals surface area contributed by atoms with Gasteiger partial charge in [-0.3, -0.25) is 5.10 Å². The van der Waals surface area contributed by atoms with Gasteiger partial charge in [-0.15, -0.1) is 0 Å². The molecule has 2 rings (SSSR count). The molecule has 2 aromatic heterocycles. The summed E-state index contributed by atoms with van der Waals surface area (Å²) in [6, 6.07) is 0. The molecular weight excluding hydrogens is 292 g/mol. The molecule has 8 nitrogen and oxygen atoms in total. The van der Waals surface area contributed by atoms with Gasteiger partial charge < -0.3 is 9.88 Å². The van der Waals surface area contributed by atoms with E-state index in [1.54, 1.807) is 26.5 Å². The third-order valence-electron chi connectivity index (χ3n) is 3.02. The summed E-state index contributed by atoms with van der Waals surface area (Å²) in [5.41, 5.74) is 1.04. The van der Waals surface area contributed by atoms with Crippen molar-refractivity contribution in [2.45, 2.75) is 31.3 Å². The quantitative estimate of drug-likeness (QED) is 0.595. The highest BCUT2D eigenvalue weighted by atomic mass is 32.2. The van der Waals surface area contributed by atoms with Gasteiger partial charge in [0.05, 0.1) is 17.7 Å². The fourth-order valence-electron chi connectivity index (χ4n) is 2.07. The van der Waals surface area contributed by atoms with E-state index in [2.05, 4.69) is 25.2 Å². The second-order valence-corrected chi connectivity index (χ2v) is 6.41. The fraction of sp³-hybridized carbons (Fsp3) is 0.500. The lowest BCUT2D eigenvalue weighted by Gasteiger charge is -2.08. The van der Waals surface area contributed by atoms with Crippen molar-refractivity contribution >= 4 is 10.0 Å². The third kappa shape index (κ3) is 3.90.